The van der Waals surface area contributed by atoms with Crippen molar-refractivity contribution in [3.63, 3.8) is 0 Å². The molecule has 0 radical (unpaired) electrons. The SMILES string of the molecule is CN(CC(=O)N(Cc1ccccc1)Cc1ccccc1)C(=O)c1ccc(-c2csc(N)n2)cc1. The molecular weight excluding hydrogens is 444 g/mol. The molecule has 172 valence electrons. The Morgan fingerprint density at radius 1 is 0.853 bits per heavy atom. The van der Waals surface area contributed by atoms with E-state index < -0.39 is 0 Å². The molecule has 4 aromatic rings. The number of rotatable bonds is 8. The zero-order chi connectivity index (χ0) is 23.9. The van der Waals surface area contributed by atoms with E-state index in [4.69, 9.17) is 5.73 Å². The van der Waals surface area contributed by atoms with E-state index in [9.17, 15) is 9.59 Å². The molecule has 34 heavy (non-hydrogen) atoms. The van der Waals surface area contributed by atoms with E-state index in [1.807, 2.05) is 78.2 Å². The standard InChI is InChI=1S/C27H26N4O2S/c1-30(26(33)23-14-12-22(13-15-23)24-19-34-27(28)29-24)18-25(32)31(16-20-8-4-2-5-9-20)17-21-10-6-3-7-11-21/h2-15,19H,16-18H2,1H3,(H2,28,29). The predicted octanol–water partition coefficient (Wildman–Crippen LogP) is 4.69. The Hall–Kier alpha value is -3.97. The van der Waals surface area contributed by atoms with Gasteiger partial charge in [-0.15, -0.1) is 11.3 Å². The summed E-state index contributed by atoms with van der Waals surface area (Å²) in [7, 11) is 1.65. The molecule has 7 heteroatoms. The molecule has 4 rings (SSSR count). The number of nitrogens with zero attached hydrogens (tertiary/aromatic N) is 3. The quantitative estimate of drug-likeness (QED) is 0.405. The highest BCUT2D eigenvalue weighted by Crippen LogP contribution is 2.23. The van der Waals surface area contributed by atoms with Crippen molar-refractivity contribution < 1.29 is 9.59 Å². The van der Waals surface area contributed by atoms with Gasteiger partial charge >= 0.3 is 0 Å². The van der Waals surface area contributed by atoms with Gasteiger partial charge in [-0.3, -0.25) is 9.59 Å². The largest absolute Gasteiger partial charge is 0.375 e. The third kappa shape index (κ3) is 5.88. The Kier molecular flexibility index (Phi) is 7.34. The van der Waals surface area contributed by atoms with Gasteiger partial charge in [-0.1, -0.05) is 72.8 Å². The molecule has 0 unspecified atom stereocenters. The first kappa shape index (κ1) is 23.2. The fourth-order valence-electron chi connectivity index (χ4n) is 3.64. The van der Waals surface area contributed by atoms with Gasteiger partial charge in [-0.2, -0.15) is 0 Å². The highest BCUT2D eigenvalue weighted by Gasteiger charge is 2.20. The number of anilines is 1. The van der Waals surface area contributed by atoms with Gasteiger partial charge in [0.2, 0.25) is 5.91 Å². The molecule has 6 nitrogen and oxygen atoms in total. The number of thiazole rings is 1. The molecule has 0 fully saturated rings. The second-order valence-corrected chi connectivity index (χ2v) is 8.92. The fourth-order valence-corrected chi connectivity index (χ4v) is 4.21. The number of carbonyl (C=O) groups excluding carboxylic acids is 2. The second kappa shape index (κ2) is 10.8. The van der Waals surface area contributed by atoms with Gasteiger partial charge < -0.3 is 15.5 Å². The molecule has 0 atom stereocenters. The van der Waals surface area contributed by atoms with Gasteiger partial charge in [0.25, 0.3) is 5.91 Å². The molecule has 0 saturated heterocycles. The Labute approximate surface area is 203 Å². The van der Waals surface area contributed by atoms with Gasteiger partial charge in [0.1, 0.15) is 0 Å². The summed E-state index contributed by atoms with van der Waals surface area (Å²) in [5.74, 6) is -0.324. The zero-order valence-electron chi connectivity index (χ0n) is 18.9. The summed E-state index contributed by atoms with van der Waals surface area (Å²) in [6.45, 7) is 0.938. The molecule has 2 N–H and O–H groups in total. The van der Waals surface area contributed by atoms with E-state index in [1.54, 1.807) is 24.1 Å². The summed E-state index contributed by atoms with van der Waals surface area (Å²) in [5, 5.41) is 2.38. The van der Waals surface area contributed by atoms with Crippen molar-refractivity contribution in [3.8, 4) is 11.3 Å². The summed E-state index contributed by atoms with van der Waals surface area (Å²) in [4.78, 5) is 33.8. The molecule has 1 heterocycles. The van der Waals surface area contributed by atoms with Crippen LogP contribution in [-0.2, 0) is 17.9 Å². The smallest absolute Gasteiger partial charge is 0.254 e. The average molecular weight is 471 g/mol. The molecule has 3 aromatic carbocycles. The van der Waals surface area contributed by atoms with Crippen LogP contribution < -0.4 is 5.73 Å². The van der Waals surface area contributed by atoms with Crippen molar-refractivity contribution >= 4 is 28.3 Å². The Bertz CT molecular complexity index is 1200. The monoisotopic (exact) mass is 470 g/mol. The van der Waals surface area contributed by atoms with E-state index >= 15 is 0 Å². The maximum atomic E-state index is 13.3. The first-order valence-corrected chi connectivity index (χ1v) is 11.8. The number of likely N-dealkylation sites (N-methyl/N-ethyl adjacent to an activating group) is 1. The molecule has 0 spiro atoms. The normalized spacial score (nSPS) is 10.6. The summed E-state index contributed by atoms with van der Waals surface area (Å²) in [5.41, 5.74) is 9.98. The molecule has 2 amide bonds. The maximum Gasteiger partial charge on any atom is 0.254 e. The van der Waals surface area contributed by atoms with Crippen LogP contribution in [0.3, 0.4) is 0 Å². The summed E-state index contributed by atoms with van der Waals surface area (Å²) >= 11 is 1.37. The lowest BCUT2D eigenvalue weighted by molar-refractivity contribution is -0.132. The van der Waals surface area contributed by atoms with E-state index in [-0.39, 0.29) is 18.4 Å². The average Bonchev–Trinajstić information content (AvgIpc) is 3.30. The number of amides is 2. The second-order valence-electron chi connectivity index (χ2n) is 8.03. The van der Waals surface area contributed by atoms with Crippen molar-refractivity contribution in [2.45, 2.75) is 13.1 Å². The van der Waals surface area contributed by atoms with Gasteiger partial charge in [0.05, 0.1) is 12.2 Å². The number of carbonyl (C=O) groups is 2. The number of nitrogen functional groups attached to an aromatic ring is 1. The zero-order valence-corrected chi connectivity index (χ0v) is 19.7. The highest BCUT2D eigenvalue weighted by atomic mass is 32.1. The van der Waals surface area contributed by atoms with Crippen LogP contribution >= 0.6 is 11.3 Å². The first-order valence-electron chi connectivity index (χ1n) is 10.9. The Balaban J connectivity index is 1.44. The molecule has 0 saturated carbocycles. The van der Waals surface area contributed by atoms with E-state index in [2.05, 4.69) is 4.98 Å². The van der Waals surface area contributed by atoms with Crippen LogP contribution in [0.15, 0.2) is 90.3 Å². The van der Waals surface area contributed by atoms with Crippen LogP contribution in [0.25, 0.3) is 11.3 Å². The van der Waals surface area contributed by atoms with Crippen molar-refractivity contribution in [1.82, 2.24) is 14.8 Å². The third-order valence-corrected chi connectivity index (χ3v) is 6.13. The van der Waals surface area contributed by atoms with Crippen LogP contribution in [0.4, 0.5) is 5.13 Å². The number of nitrogens with two attached hydrogens (primary N) is 1. The topological polar surface area (TPSA) is 79.5 Å². The number of hydrogen-bond donors (Lipinski definition) is 1. The minimum atomic E-state index is -0.211. The Morgan fingerprint density at radius 2 is 1.41 bits per heavy atom. The van der Waals surface area contributed by atoms with Gasteiger partial charge in [0, 0.05) is 36.6 Å². The van der Waals surface area contributed by atoms with Gasteiger partial charge in [-0.05, 0) is 23.3 Å². The van der Waals surface area contributed by atoms with Crippen LogP contribution in [0.2, 0.25) is 0 Å². The minimum Gasteiger partial charge on any atom is -0.375 e. The highest BCUT2D eigenvalue weighted by molar-refractivity contribution is 7.13. The van der Waals surface area contributed by atoms with E-state index in [1.165, 1.54) is 16.2 Å². The van der Waals surface area contributed by atoms with Crippen molar-refractivity contribution in [3.05, 3.63) is 107 Å². The lowest BCUT2D eigenvalue weighted by Gasteiger charge is -2.26. The Morgan fingerprint density at radius 3 is 1.91 bits per heavy atom. The van der Waals surface area contributed by atoms with Crippen LogP contribution in [0.1, 0.15) is 21.5 Å². The predicted molar refractivity (Wildman–Crippen MR) is 136 cm³/mol. The first-order chi connectivity index (χ1) is 16.5. The molecule has 1 aromatic heterocycles. The summed E-state index contributed by atoms with van der Waals surface area (Å²) in [6, 6.07) is 26.9. The molecule has 0 aliphatic rings. The van der Waals surface area contributed by atoms with Gasteiger partial charge in [0.15, 0.2) is 5.13 Å². The van der Waals surface area contributed by atoms with E-state index in [0.717, 1.165) is 22.4 Å². The molecule has 0 bridgehead atoms. The summed E-state index contributed by atoms with van der Waals surface area (Å²) in [6.07, 6.45) is 0. The molecule has 0 aliphatic heterocycles. The van der Waals surface area contributed by atoms with Crippen molar-refractivity contribution in [2.24, 2.45) is 0 Å². The molecule has 0 aliphatic carbocycles. The summed E-state index contributed by atoms with van der Waals surface area (Å²) < 4.78 is 0. The minimum absolute atomic E-state index is 0.0110. The van der Waals surface area contributed by atoms with Crippen LogP contribution in [-0.4, -0.2) is 40.2 Å². The van der Waals surface area contributed by atoms with Crippen LogP contribution in [0.5, 0.6) is 0 Å². The molecular formula is C27H26N4O2S. The van der Waals surface area contributed by atoms with Crippen LogP contribution in [0, 0.1) is 0 Å². The fraction of sp³-hybridized carbons (Fsp3) is 0.148. The lowest BCUT2D eigenvalue weighted by atomic mass is 10.1. The lowest BCUT2D eigenvalue weighted by Crippen LogP contribution is -2.40. The maximum absolute atomic E-state index is 13.3. The van der Waals surface area contributed by atoms with Gasteiger partial charge in [-0.25, -0.2) is 4.98 Å². The number of hydrogen-bond acceptors (Lipinski definition) is 5. The van der Waals surface area contributed by atoms with E-state index in [0.29, 0.717) is 23.8 Å². The van der Waals surface area contributed by atoms with Crippen molar-refractivity contribution in [2.75, 3.05) is 19.3 Å². The third-order valence-electron chi connectivity index (χ3n) is 5.45. The number of benzene rings is 3. The van der Waals surface area contributed by atoms with Crippen molar-refractivity contribution in [1.29, 1.82) is 0 Å². The number of aromatic nitrogens is 1.